The van der Waals surface area contributed by atoms with Gasteiger partial charge < -0.3 is 4.90 Å². The maximum atomic E-state index is 13.1. The second kappa shape index (κ2) is 5.45. The zero-order valence-electron chi connectivity index (χ0n) is 13.2. The van der Waals surface area contributed by atoms with E-state index >= 15 is 0 Å². The van der Waals surface area contributed by atoms with Crippen LogP contribution in [0.15, 0.2) is 36.7 Å². The number of benzene rings is 1. The zero-order chi connectivity index (χ0) is 16.7. The van der Waals surface area contributed by atoms with Crippen molar-refractivity contribution in [2.24, 2.45) is 0 Å². The summed E-state index contributed by atoms with van der Waals surface area (Å²) >= 11 is 0. The Labute approximate surface area is 139 Å². The maximum Gasteiger partial charge on any atom is 0.233 e. The molecule has 1 aliphatic carbocycles. The molecule has 0 spiro atoms. The molecule has 2 aromatic rings. The van der Waals surface area contributed by atoms with Crippen LogP contribution in [0.5, 0.6) is 0 Å². The van der Waals surface area contributed by atoms with Crippen LogP contribution in [0.25, 0.3) is 0 Å². The summed E-state index contributed by atoms with van der Waals surface area (Å²) in [5.41, 5.74) is 0.970. The molecule has 0 N–H and O–H groups in total. The van der Waals surface area contributed by atoms with Gasteiger partial charge in [0, 0.05) is 19.3 Å². The Balaban J connectivity index is 1.50. The van der Waals surface area contributed by atoms with Gasteiger partial charge in [0.15, 0.2) is 0 Å². The van der Waals surface area contributed by atoms with Gasteiger partial charge in [-0.3, -0.25) is 9.48 Å². The van der Waals surface area contributed by atoms with Gasteiger partial charge in [-0.25, -0.2) is 4.39 Å². The van der Waals surface area contributed by atoms with Gasteiger partial charge in [0.2, 0.25) is 5.91 Å². The molecule has 6 heteroatoms. The third-order valence-corrected chi connectivity index (χ3v) is 5.11. The number of nitrogens with zero attached hydrogens (tertiary/aromatic N) is 4. The number of aromatic nitrogens is 2. The largest absolute Gasteiger partial charge is 0.340 e. The van der Waals surface area contributed by atoms with Crippen LogP contribution in [0.3, 0.4) is 0 Å². The van der Waals surface area contributed by atoms with E-state index in [1.165, 1.54) is 12.1 Å². The van der Waals surface area contributed by atoms with Crippen molar-refractivity contribution in [3.8, 4) is 6.07 Å². The highest BCUT2D eigenvalue weighted by Gasteiger charge is 2.53. The van der Waals surface area contributed by atoms with Crippen LogP contribution in [0.4, 0.5) is 4.39 Å². The number of carbonyl (C=O) groups excluding carboxylic acids is 1. The first-order valence-corrected chi connectivity index (χ1v) is 8.12. The summed E-state index contributed by atoms with van der Waals surface area (Å²) in [6.07, 6.45) is 5.74. The highest BCUT2D eigenvalue weighted by molar-refractivity contribution is 5.91. The fourth-order valence-electron chi connectivity index (χ4n) is 3.56. The zero-order valence-corrected chi connectivity index (χ0v) is 13.2. The minimum atomic E-state index is -0.468. The highest BCUT2D eigenvalue weighted by atomic mass is 19.1. The van der Waals surface area contributed by atoms with Gasteiger partial charge in [-0.2, -0.15) is 10.4 Å². The summed E-state index contributed by atoms with van der Waals surface area (Å²) in [7, 11) is 0. The van der Waals surface area contributed by atoms with Gasteiger partial charge in [0.1, 0.15) is 11.9 Å². The van der Waals surface area contributed by atoms with Gasteiger partial charge in [0.05, 0.1) is 23.2 Å². The van der Waals surface area contributed by atoms with E-state index in [2.05, 4.69) is 11.2 Å². The molecule has 2 fully saturated rings. The Hall–Kier alpha value is -2.68. The predicted octanol–water partition coefficient (Wildman–Crippen LogP) is 2.40. The molecule has 0 bridgehead atoms. The van der Waals surface area contributed by atoms with Gasteiger partial charge in [0.25, 0.3) is 0 Å². The first-order valence-electron chi connectivity index (χ1n) is 8.12. The molecule has 2 heterocycles. The smallest absolute Gasteiger partial charge is 0.233 e. The number of amides is 1. The topological polar surface area (TPSA) is 61.9 Å². The molecular formula is C18H17FN4O. The molecule has 1 saturated heterocycles. The molecule has 4 rings (SSSR count). The number of rotatable bonds is 3. The number of halogens is 1. The predicted molar refractivity (Wildman–Crippen MR) is 84.5 cm³/mol. The van der Waals surface area contributed by atoms with Crippen molar-refractivity contribution in [3.05, 3.63) is 53.6 Å². The molecule has 0 radical (unpaired) electrons. The van der Waals surface area contributed by atoms with Crippen LogP contribution in [-0.2, 0) is 10.2 Å². The van der Waals surface area contributed by atoms with Gasteiger partial charge >= 0.3 is 0 Å². The number of likely N-dealkylation sites (tertiary alicyclic amines) is 1. The fourth-order valence-corrected chi connectivity index (χ4v) is 3.56. The molecule has 1 unspecified atom stereocenters. The van der Waals surface area contributed by atoms with E-state index in [0.29, 0.717) is 18.7 Å². The molecule has 24 heavy (non-hydrogen) atoms. The van der Waals surface area contributed by atoms with Crippen LogP contribution in [-0.4, -0.2) is 33.7 Å². The Morgan fingerprint density at radius 3 is 2.71 bits per heavy atom. The van der Waals surface area contributed by atoms with Crippen molar-refractivity contribution in [2.45, 2.75) is 30.7 Å². The quantitative estimate of drug-likeness (QED) is 0.871. The van der Waals surface area contributed by atoms with E-state index < -0.39 is 5.41 Å². The SMILES string of the molecule is N#Cc1cnn(C2CCN(C(=O)C3(c4ccc(F)cc4)CC3)C2)c1. The fraction of sp³-hybridized carbons (Fsp3) is 0.389. The van der Waals surface area contributed by atoms with E-state index in [1.54, 1.807) is 29.2 Å². The van der Waals surface area contributed by atoms with E-state index in [-0.39, 0.29) is 17.8 Å². The third-order valence-electron chi connectivity index (χ3n) is 5.11. The summed E-state index contributed by atoms with van der Waals surface area (Å²) < 4.78 is 14.9. The normalized spacial score (nSPS) is 21.5. The van der Waals surface area contributed by atoms with Crippen molar-refractivity contribution in [3.63, 3.8) is 0 Å². The van der Waals surface area contributed by atoms with Gasteiger partial charge in [-0.1, -0.05) is 12.1 Å². The summed E-state index contributed by atoms with van der Waals surface area (Å²) in [5, 5.41) is 13.1. The summed E-state index contributed by atoms with van der Waals surface area (Å²) in [5.74, 6) is -0.153. The average molecular weight is 324 g/mol. The monoisotopic (exact) mass is 324 g/mol. The standard InChI is InChI=1S/C18H17FN4O/c19-15-3-1-14(2-4-15)18(6-7-18)17(24)22-8-5-16(12-22)23-11-13(9-20)10-21-23/h1-4,10-11,16H,5-8,12H2. The van der Waals surface area contributed by atoms with Crippen molar-refractivity contribution < 1.29 is 9.18 Å². The summed E-state index contributed by atoms with van der Waals surface area (Å²) in [6, 6.07) is 8.47. The lowest BCUT2D eigenvalue weighted by Gasteiger charge is -2.23. The molecule has 5 nitrogen and oxygen atoms in total. The second-order valence-corrected chi connectivity index (χ2v) is 6.60. The number of nitriles is 1. The van der Waals surface area contributed by atoms with Crippen LogP contribution < -0.4 is 0 Å². The molecule has 1 saturated carbocycles. The first-order chi connectivity index (χ1) is 11.6. The van der Waals surface area contributed by atoms with Crippen molar-refractivity contribution >= 4 is 5.91 Å². The van der Waals surface area contributed by atoms with Crippen LogP contribution in [0.2, 0.25) is 0 Å². The Morgan fingerprint density at radius 1 is 1.33 bits per heavy atom. The minimum Gasteiger partial charge on any atom is -0.340 e. The lowest BCUT2D eigenvalue weighted by atomic mass is 9.94. The minimum absolute atomic E-state index is 0.111. The molecule has 1 aliphatic heterocycles. The van der Waals surface area contributed by atoms with E-state index in [9.17, 15) is 9.18 Å². The lowest BCUT2D eigenvalue weighted by molar-refractivity contribution is -0.133. The van der Waals surface area contributed by atoms with E-state index in [1.807, 2.05) is 4.90 Å². The third kappa shape index (κ3) is 2.37. The van der Waals surface area contributed by atoms with Gasteiger partial charge in [-0.15, -0.1) is 0 Å². The van der Waals surface area contributed by atoms with Crippen molar-refractivity contribution in [2.75, 3.05) is 13.1 Å². The number of carbonyl (C=O) groups is 1. The van der Waals surface area contributed by atoms with Gasteiger partial charge in [-0.05, 0) is 37.0 Å². The molecule has 1 atom stereocenters. The molecule has 1 aromatic heterocycles. The number of hydrogen-bond donors (Lipinski definition) is 0. The molecule has 1 aromatic carbocycles. The molecule has 2 aliphatic rings. The number of hydrogen-bond acceptors (Lipinski definition) is 3. The van der Waals surface area contributed by atoms with Crippen LogP contribution in [0.1, 0.15) is 36.4 Å². The van der Waals surface area contributed by atoms with Crippen LogP contribution >= 0.6 is 0 Å². The molecule has 1 amide bonds. The Morgan fingerprint density at radius 2 is 2.08 bits per heavy atom. The average Bonchev–Trinajstić information content (AvgIpc) is 3.05. The van der Waals surface area contributed by atoms with E-state index in [4.69, 9.17) is 5.26 Å². The van der Waals surface area contributed by atoms with E-state index in [0.717, 1.165) is 24.8 Å². The highest BCUT2D eigenvalue weighted by Crippen LogP contribution is 2.50. The summed E-state index contributed by atoms with van der Waals surface area (Å²) in [4.78, 5) is 14.9. The Kier molecular flexibility index (Phi) is 3.38. The van der Waals surface area contributed by atoms with Crippen LogP contribution in [0, 0.1) is 17.1 Å². The lowest BCUT2D eigenvalue weighted by Crippen LogP contribution is -2.38. The summed E-state index contributed by atoms with van der Waals surface area (Å²) in [6.45, 7) is 1.29. The first kappa shape index (κ1) is 14.9. The molecule has 122 valence electrons. The molecular weight excluding hydrogens is 307 g/mol. The maximum absolute atomic E-state index is 13.1. The van der Waals surface area contributed by atoms with Crippen molar-refractivity contribution in [1.29, 1.82) is 5.26 Å². The second-order valence-electron chi connectivity index (χ2n) is 6.60. The van der Waals surface area contributed by atoms with Crippen molar-refractivity contribution in [1.82, 2.24) is 14.7 Å². The Bertz CT molecular complexity index is 816.